The van der Waals surface area contributed by atoms with Gasteiger partial charge in [-0.1, -0.05) is 30.3 Å². The van der Waals surface area contributed by atoms with Crippen molar-refractivity contribution in [1.82, 2.24) is 14.7 Å². The lowest BCUT2D eigenvalue weighted by atomic mass is 10.1. The number of likely N-dealkylation sites (N-methyl/N-ethyl adjacent to an activating group) is 1. The van der Waals surface area contributed by atoms with Crippen LogP contribution in [0.3, 0.4) is 0 Å². The van der Waals surface area contributed by atoms with E-state index >= 15 is 0 Å². The summed E-state index contributed by atoms with van der Waals surface area (Å²) in [5.41, 5.74) is 2.00. The van der Waals surface area contributed by atoms with Crippen molar-refractivity contribution in [2.24, 2.45) is 0 Å². The molecule has 0 unspecified atom stereocenters. The van der Waals surface area contributed by atoms with Gasteiger partial charge in [0.05, 0.1) is 18.3 Å². The Labute approximate surface area is 141 Å². The first kappa shape index (κ1) is 17.9. The molecule has 6 nitrogen and oxygen atoms in total. The summed E-state index contributed by atoms with van der Waals surface area (Å²) in [6.07, 6.45) is -0.752. The summed E-state index contributed by atoms with van der Waals surface area (Å²) in [6.45, 7) is 4.62. The second-order valence-electron chi connectivity index (χ2n) is 6.02. The van der Waals surface area contributed by atoms with Gasteiger partial charge in [-0.3, -0.25) is 9.69 Å². The van der Waals surface area contributed by atoms with Gasteiger partial charge in [-0.25, -0.2) is 4.68 Å². The van der Waals surface area contributed by atoms with Crippen LogP contribution in [0, 0.1) is 25.2 Å². The Morgan fingerprint density at radius 3 is 2.62 bits per heavy atom. The van der Waals surface area contributed by atoms with Crippen LogP contribution in [0.4, 0.5) is 0 Å². The number of aromatic nitrogens is 2. The molecule has 0 amide bonds. The van der Waals surface area contributed by atoms with E-state index in [9.17, 15) is 9.90 Å². The maximum absolute atomic E-state index is 12.2. The van der Waals surface area contributed by atoms with Crippen LogP contribution in [0.5, 0.6) is 0 Å². The number of nitrogens with zero attached hydrogens (tertiary/aromatic N) is 4. The van der Waals surface area contributed by atoms with Crippen LogP contribution < -0.4 is 5.56 Å². The van der Waals surface area contributed by atoms with Crippen LogP contribution in [0.1, 0.15) is 22.4 Å². The molecule has 0 bridgehead atoms. The fourth-order valence-electron chi connectivity index (χ4n) is 2.60. The highest BCUT2D eigenvalue weighted by Crippen LogP contribution is 2.06. The number of rotatable bonds is 6. The Balaban J connectivity index is 2.05. The normalized spacial score (nSPS) is 12.2. The van der Waals surface area contributed by atoms with Crippen LogP contribution in [0.25, 0.3) is 0 Å². The van der Waals surface area contributed by atoms with Gasteiger partial charge >= 0.3 is 0 Å². The van der Waals surface area contributed by atoms with Crippen molar-refractivity contribution < 1.29 is 5.11 Å². The fourth-order valence-corrected chi connectivity index (χ4v) is 2.60. The summed E-state index contributed by atoms with van der Waals surface area (Å²) >= 11 is 0. The number of benzene rings is 1. The molecule has 2 aromatic rings. The first-order valence-corrected chi connectivity index (χ1v) is 7.81. The molecule has 1 heterocycles. The average molecular weight is 326 g/mol. The Kier molecular flexibility index (Phi) is 5.85. The molecule has 0 saturated heterocycles. The van der Waals surface area contributed by atoms with E-state index in [4.69, 9.17) is 5.26 Å². The Morgan fingerprint density at radius 1 is 1.33 bits per heavy atom. The molecule has 0 radical (unpaired) electrons. The number of nitriles is 1. The molecule has 6 heteroatoms. The molecule has 24 heavy (non-hydrogen) atoms. The van der Waals surface area contributed by atoms with Crippen molar-refractivity contribution >= 4 is 0 Å². The lowest BCUT2D eigenvalue weighted by molar-refractivity contribution is 0.102. The van der Waals surface area contributed by atoms with Crippen molar-refractivity contribution in [3.63, 3.8) is 0 Å². The van der Waals surface area contributed by atoms with Crippen molar-refractivity contribution in [3.8, 4) is 6.07 Å². The SMILES string of the molecule is Cc1nn(C[C@@H](O)CN(C)Cc2ccccc2)c(=O)c(C#N)c1C. The van der Waals surface area contributed by atoms with Gasteiger partial charge in [-0.2, -0.15) is 10.4 Å². The van der Waals surface area contributed by atoms with Gasteiger partial charge in [0.15, 0.2) is 0 Å². The highest BCUT2D eigenvalue weighted by molar-refractivity contribution is 5.36. The number of aliphatic hydroxyl groups is 1. The van der Waals surface area contributed by atoms with Crippen molar-refractivity contribution in [2.45, 2.75) is 33.0 Å². The number of aryl methyl sites for hydroxylation is 1. The van der Waals surface area contributed by atoms with Crippen LogP contribution in [0.15, 0.2) is 35.1 Å². The quantitative estimate of drug-likeness (QED) is 0.863. The molecule has 1 atom stereocenters. The summed E-state index contributed by atoms with van der Waals surface area (Å²) in [7, 11) is 1.91. The smallest absolute Gasteiger partial charge is 0.285 e. The molecule has 1 aromatic heterocycles. The number of hydrogen-bond acceptors (Lipinski definition) is 5. The first-order valence-electron chi connectivity index (χ1n) is 7.81. The van der Waals surface area contributed by atoms with Crippen LogP contribution in [-0.4, -0.2) is 39.5 Å². The third-order valence-corrected chi connectivity index (χ3v) is 3.95. The van der Waals surface area contributed by atoms with Crippen molar-refractivity contribution in [2.75, 3.05) is 13.6 Å². The third-order valence-electron chi connectivity index (χ3n) is 3.95. The maximum atomic E-state index is 12.2. The Morgan fingerprint density at radius 2 is 2.00 bits per heavy atom. The third kappa shape index (κ3) is 4.28. The minimum Gasteiger partial charge on any atom is -0.390 e. The summed E-state index contributed by atoms with van der Waals surface area (Å²) in [4.78, 5) is 14.2. The molecule has 0 aliphatic heterocycles. The Hall–Kier alpha value is -2.49. The molecule has 2 rings (SSSR count). The number of aliphatic hydroxyl groups excluding tert-OH is 1. The van der Waals surface area contributed by atoms with Gasteiger partial charge in [0, 0.05) is 13.1 Å². The molecule has 1 N–H and O–H groups in total. The van der Waals surface area contributed by atoms with Crippen molar-refractivity contribution in [1.29, 1.82) is 5.26 Å². The average Bonchev–Trinajstić information content (AvgIpc) is 2.54. The molecule has 0 aliphatic rings. The Bertz CT molecular complexity index is 793. The summed E-state index contributed by atoms with van der Waals surface area (Å²) < 4.78 is 1.18. The van der Waals surface area contributed by atoms with Gasteiger partial charge in [-0.15, -0.1) is 0 Å². The van der Waals surface area contributed by atoms with E-state index in [2.05, 4.69) is 5.10 Å². The highest BCUT2D eigenvalue weighted by Gasteiger charge is 2.15. The molecule has 0 aliphatic carbocycles. The molecule has 1 aromatic carbocycles. The minimum absolute atomic E-state index is 0.0633. The van der Waals surface area contributed by atoms with Gasteiger partial charge in [0.2, 0.25) is 0 Å². The number of hydrogen-bond donors (Lipinski definition) is 1. The summed E-state index contributed by atoms with van der Waals surface area (Å²) in [5.74, 6) is 0. The van der Waals surface area contributed by atoms with E-state index in [-0.39, 0.29) is 12.1 Å². The van der Waals surface area contributed by atoms with E-state index in [0.717, 1.165) is 5.56 Å². The molecule has 126 valence electrons. The zero-order valence-corrected chi connectivity index (χ0v) is 14.2. The van der Waals surface area contributed by atoms with E-state index in [0.29, 0.717) is 24.3 Å². The highest BCUT2D eigenvalue weighted by atomic mass is 16.3. The van der Waals surface area contributed by atoms with Gasteiger partial charge in [0.1, 0.15) is 11.6 Å². The largest absolute Gasteiger partial charge is 0.390 e. The summed E-state index contributed by atoms with van der Waals surface area (Å²) in [5, 5.41) is 23.6. The predicted octanol–water partition coefficient (Wildman–Crippen LogP) is 1.22. The second-order valence-corrected chi connectivity index (χ2v) is 6.02. The first-order chi connectivity index (χ1) is 11.4. The van der Waals surface area contributed by atoms with E-state index in [1.165, 1.54) is 4.68 Å². The van der Waals surface area contributed by atoms with Gasteiger partial charge in [-0.05, 0) is 32.0 Å². The zero-order chi connectivity index (χ0) is 17.7. The molecule has 0 fully saturated rings. The lowest BCUT2D eigenvalue weighted by Crippen LogP contribution is -2.37. The van der Waals surface area contributed by atoms with E-state index in [1.807, 2.05) is 48.3 Å². The van der Waals surface area contributed by atoms with Crippen LogP contribution in [-0.2, 0) is 13.1 Å². The molecular weight excluding hydrogens is 304 g/mol. The fraction of sp³-hybridized carbons (Fsp3) is 0.389. The minimum atomic E-state index is -0.752. The molecule has 0 saturated carbocycles. The van der Waals surface area contributed by atoms with Gasteiger partial charge < -0.3 is 5.11 Å². The molecular formula is C18H22N4O2. The van der Waals surface area contributed by atoms with Gasteiger partial charge in [0.25, 0.3) is 5.56 Å². The summed E-state index contributed by atoms with van der Waals surface area (Å²) in [6, 6.07) is 11.9. The zero-order valence-electron chi connectivity index (χ0n) is 14.2. The van der Waals surface area contributed by atoms with Crippen LogP contribution >= 0.6 is 0 Å². The predicted molar refractivity (Wildman–Crippen MR) is 91.5 cm³/mol. The maximum Gasteiger partial charge on any atom is 0.285 e. The monoisotopic (exact) mass is 326 g/mol. The van der Waals surface area contributed by atoms with E-state index < -0.39 is 11.7 Å². The standard InChI is InChI=1S/C18H22N4O2/c1-13-14(2)20-22(18(24)17(13)9-19)12-16(23)11-21(3)10-15-7-5-4-6-8-15/h4-8,16,23H,10-12H2,1-3H3/t16-/m0/s1. The van der Waals surface area contributed by atoms with Crippen molar-refractivity contribution in [3.05, 3.63) is 63.1 Å². The second kappa shape index (κ2) is 7.86. The molecule has 0 spiro atoms. The van der Waals surface area contributed by atoms with E-state index in [1.54, 1.807) is 13.8 Å². The van der Waals surface area contributed by atoms with Crippen LogP contribution in [0.2, 0.25) is 0 Å². The lowest BCUT2D eigenvalue weighted by Gasteiger charge is -2.21. The topological polar surface area (TPSA) is 82.2 Å².